The van der Waals surface area contributed by atoms with Crippen LogP contribution in [0.15, 0.2) is 48.5 Å². The van der Waals surface area contributed by atoms with Gasteiger partial charge in [0.25, 0.3) is 0 Å². The molecule has 1 heterocycles. The molecule has 0 N–H and O–H groups in total. The minimum absolute atomic E-state index is 0.0698. The van der Waals surface area contributed by atoms with Crippen LogP contribution >= 0.6 is 0 Å². The highest BCUT2D eigenvalue weighted by Crippen LogP contribution is 2.14. The van der Waals surface area contributed by atoms with Crippen molar-refractivity contribution in [2.45, 2.75) is 26.1 Å². The summed E-state index contributed by atoms with van der Waals surface area (Å²) in [5.74, 6) is -0.772. The van der Waals surface area contributed by atoms with Crippen molar-refractivity contribution in [1.82, 2.24) is 19.6 Å². The lowest BCUT2D eigenvalue weighted by Crippen LogP contribution is -2.55. The number of hydrogen-bond donors (Lipinski definition) is 0. The summed E-state index contributed by atoms with van der Waals surface area (Å²) in [6, 6.07) is 13.0. The number of halogens is 2. The molecule has 0 saturated carbocycles. The number of carbonyl (C=O) groups excluding carboxylic acids is 2. The van der Waals surface area contributed by atoms with E-state index in [0.717, 1.165) is 0 Å². The molecule has 33 heavy (non-hydrogen) atoms. The van der Waals surface area contributed by atoms with Gasteiger partial charge in [-0.2, -0.15) is 0 Å². The first kappa shape index (κ1) is 24.8. The molecule has 1 aliphatic heterocycles. The second-order valence-electron chi connectivity index (χ2n) is 8.74. The second-order valence-corrected chi connectivity index (χ2v) is 8.74. The number of amides is 2. The summed E-state index contributed by atoms with van der Waals surface area (Å²) in [5, 5.41) is 0. The fraction of sp³-hybridized carbons (Fsp3) is 0.440. The van der Waals surface area contributed by atoms with E-state index in [2.05, 4.69) is 9.80 Å². The molecule has 1 unspecified atom stereocenters. The minimum atomic E-state index is -0.316. The number of piperazine rings is 1. The van der Waals surface area contributed by atoms with Gasteiger partial charge in [-0.15, -0.1) is 0 Å². The summed E-state index contributed by atoms with van der Waals surface area (Å²) < 4.78 is 27.7. The smallest absolute Gasteiger partial charge is 0.236 e. The highest BCUT2D eigenvalue weighted by Gasteiger charge is 2.28. The predicted octanol–water partition coefficient (Wildman–Crippen LogP) is 2.59. The molecule has 8 heteroatoms. The first-order valence-corrected chi connectivity index (χ1v) is 11.2. The second kappa shape index (κ2) is 11.3. The van der Waals surface area contributed by atoms with Crippen LogP contribution in [0, 0.1) is 11.6 Å². The zero-order valence-electron chi connectivity index (χ0n) is 19.5. The van der Waals surface area contributed by atoms with Crippen molar-refractivity contribution in [3.05, 3.63) is 71.3 Å². The maximum absolute atomic E-state index is 13.9. The number of rotatable bonds is 8. The molecule has 3 rings (SSSR count). The Morgan fingerprint density at radius 3 is 1.82 bits per heavy atom. The standard InChI is InChI=1S/C25H32F2N4O2/c1-19-14-30(17-24(32)28(2)15-20-8-4-6-10-22(20)26)12-13-31(19)18-25(33)29(3)16-21-9-5-7-11-23(21)27/h4-11,19H,12-18H2,1-3H3. The maximum atomic E-state index is 13.9. The highest BCUT2D eigenvalue weighted by atomic mass is 19.1. The Kier molecular flexibility index (Phi) is 8.52. The van der Waals surface area contributed by atoms with Crippen LogP contribution in [0.4, 0.5) is 8.78 Å². The zero-order chi connectivity index (χ0) is 24.0. The van der Waals surface area contributed by atoms with Gasteiger partial charge in [0.05, 0.1) is 13.1 Å². The molecule has 178 valence electrons. The molecule has 6 nitrogen and oxygen atoms in total. The average molecular weight is 459 g/mol. The topological polar surface area (TPSA) is 47.1 Å². The van der Waals surface area contributed by atoms with Gasteiger partial charge < -0.3 is 9.80 Å². The van der Waals surface area contributed by atoms with Crippen LogP contribution in [0.2, 0.25) is 0 Å². The largest absolute Gasteiger partial charge is 0.340 e. The van der Waals surface area contributed by atoms with Crippen LogP contribution in [-0.4, -0.2) is 84.3 Å². The quantitative estimate of drug-likeness (QED) is 0.610. The van der Waals surface area contributed by atoms with Gasteiger partial charge in [-0.25, -0.2) is 8.78 Å². The molecule has 1 aliphatic rings. The van der Waals surface area contributed by atoms with Gasteiger partial charge in [0.2, 0.25) is 11.8 Å². The van der Waals surface area contributed by atoms with E-state index in [1.165, 1.54) is 17.0 Å². The third-order valence-electron chi connectivity index (χ3n) is 6.13. The summed E-state index contributed by atoms with van der Waals surface area (Å²) in [5.41, 5.74) is 0.980. The zero-order valence-corrected chi connectivity index (χ0v) is 19.5. The van der Waals surface area contributed by atoms with Gasteiger partial charge in [0.15, 0.2) is 0 Å². The van der Waals surface area contributed by atoms with E-state index in [-0.39, 0.29) is 55.7 Å². The number of carbonyl (C=O) groups is 2. The van der Waals surface area contributed by atoms with Gasteiger partial charge in [0, 0.05) is 64.0 Å². The maximum Gasteiger partial charge on any atom is 0.236 e. The normalized spacial score (nSPS) is 17.1. The Bertz CT molecular complexity index is 971. The number of benzene rings is 2. The molecule has 1 atom stereocenters. The van der Waals surface area contributed by atoms with Crippen LogP contribution < -0.4 is 0 Å². The molecule has 2 aromatic carbocycles. The first-order chi connectivity index (χ1) is 15.7. The molecule has 1 saturated heterocycles. The lowest BCUT2D eigenvalue weighted by molar-refractivity contribution is -0.135. The van der Waals surface area contributed by atoms with Gasteiger partial charge in [-0.1, -0.05) is 36.4 Å². The SMILES string of the molecule is CC1CN(CC(=O)N(C)Cc2ccccc2F)CCN1CC(=O)N(C)Cc1ccccc1F. The van der Waals surface area contributed by atoms with Gasteiger partial charge in [-0.05, 0) is 19.1 Å². The Morgan fingerprint density at radius 1 is 0.848 bits per heavy atom. The van der Waals surface area contributed by atoms with Crippen LogP contribution in [0.1, 0.15) is 18.1 Å². The summed E-state index contributed by atoms with van der Waals surface area (Å²) >= 11 is 0. The highest BCUT2D eigenvalue weighted by molar-refractivity contribution is 5.78. The van der Waals surface area contributed by atoms with Gasteiger partial charge in [-0.3, -0.25) is 19.4 Å². The Labute approximate surface area is 194 Å². The molecule has 0 radical (unpaired) electrons. The van der Waals surface area contributed by atoms with Crippen molar-refractivity contribution in [3.63, 3.8) is 0 Å². The van der Waals surface area contributed by atoms with Crippen molar-refractivity contribution in [1.29, 1.82) is 0 Å². The van der Waals surface area contributed by atoms with Crippen molar-refractivity contribution >= 4 is 11.8 Å². The molecule has 0 spiro atoms. The van der Waals surface area contributed by atoms with Crippen LogP contribution in [0.3, 0.4) is 0 Å². The molecule has 0 aliphatic carbocycles. The van der Waals surface area contributed by atoms with Crippen molar-refractivity contribution in [2.75, 3.05) is 46.8 Å². The minimum Gasteiger partial charge on any atom is -0.340 e. The van der Waals surface area contributed by atoms with Crippen LogP contribution in [0.25, 0.3) is 0 Å². The van der Waals surface area contributed by atoms with Crippen molar-refractivity contribution in [2.24, 2.45) is 0 Å². The third-order valence-corrected chi connectivity index (χ3v) is 6.13. The predicted molar refractivity (Wildman–Crippen MR) is 123 cm³/mol. The Morgan fingerprint density at radius 2 is 1.33 bits per heavy atom. The number of likely N-dealkylation sites (N-methyl/N-ethyl adjacent to an activating group) is 2. The summed E-state index contributed by atoms with van der Waals surface area (Å²) in [6.45, 7) is 4.96. The van der Waals surface area contributed by atoms with E-state index in [1.54, 1.807) is 55.4 Å². The first-order valence-electron chi connectivity index (χ1n) is 11.2. The average Bonchev–Trinajstić information content (AvgIpc) is 2.78. The van der Waals surface area contributed by atoms with Crippen LogP contribution in [0.5, 0.6) is 0 Å². The molecule has 1 fully saturated rings. The molecule has 2 amide bonds. The Hall–Kier alpha value is -2.84. The summed E-state index contributed by atoms with van der Waals surface area (Å²) in [7, 11) is 3.36. The van der Waals surface area contributed by atoms with E-state index < -0.39 is 0 Å². The van der Waals surface area contributed by atoms with E-state index in [4.69, 9.17) is 0 Å². The van der Waals surface area contributed by atoms with E-state index in [9.17, 15) is 18.4 Å². The lowest BCUT2D eigenvalue weighted by Gasteiger charge is -2.40. The van der Waals surface area contributed by atoms with Gasteiger partial charge >= 0.3 is 0 Å². The van der Waals surface area contributed by atoms with Crippen molar-refractivity contribution in [3.8, 4) is 0 Å². The lowest BCUT2D eigenvalue weighted by atomic mass is 10.1. The molecule has 0 bridgehead atoms. The van der Waals surface area contributed by atoms with E-state index in [1.807, 2.05) is 6.92 Å². The monoisotopic (exact) mass is 458 g/mol. The molecule has 2 aromatic rings. The summed E-state index contributed by atoms with van der Waals surface area (Å²) in [4.78, 5) is 32.5. The van der Waals surface area contributed by atoms with Crippen molar-refractivity contribution < 1.29 is 18.4 Å². The molecular formula is C25H32F2N4O2. The van der Waals surface area contributed by atoms with E-state index in [0.29, 0.717) is 30.8 Å². The fourth-order valence-corrected chi connectivity index (χ4v) is 4.00. The van der Waals surface area contributed by atoms with Crippen LogP contribution in [-0.2, 0) is 22.7 Å². The third kappa shape index (κ3) is 6.82. The Balaban J connectivity index is 1.46. The molecule has 0 aromatic heterocycles. The number of hydrogen-bond acceptors (Lipinski definition) is 4. The molecular weight excluding hydrogens is 426 g/mol. The fourth-order valence-electron chi connectivity index (χ4n) is 4.00. The van der Waals surface area contributed by atoms with Gasteiger partial charge in [0.1, 0.15) is 11.6 Å². The van der Waals surface area contributed by atoms with E-state index >= 15 is 0 Å². The summed E-state index contributed by atoms with van der Waals surface area (Å²) in [6.07, 6.45) is 0. The number of nitrogens with zero attached hydrogens (tertiary/aromatic N) is 4.